The van der Waals surface area contributed by atoms with Gasteiger partial charge >= 0.3 is 0 Å². The molecule has 0 bridgehead atoms. The Hall–Kier alpha value is -4.76. The lowest BCUT2D eigenvalue weighted by molar-refractivity contribution is 0.667. The molecule has 9 rings (SSSR count). The SMILES string of the molecule is c1ccc(-c2cccc(-c3ccc4c(c3)Sc3cc(-c5ccccc5)ccc3C43c4ccccc4Sc4ccccc43)c2)cc1. The van der Waals surface area contributed by atoms with Gasteiger partial charge in [-0.05, 0) is 86.0 Å². The first-order valence-electron chi connectivity index (χ1n) is 15.3. The van der Waals surface area contributed by atoms with Gasteiger partial charge in [0.25, 0.3) is 0 Å². The Kier molecular flexibility index (Phi) is 6.33. The Morgan fingerprint density at radius 1 is 0.267 bits per heavy atom. The van der Waals surface area contributed by atoms with Crippen molar-refractivity contribution < 1.29 is 0 Å². The van der Waals surface area contributed by atoms with E-state index in [0.717, 1.165) is 0 Å². The van der Waals surface area contributed by atoms with Crippen molar-refractivity contribution in [3.8, 4) is 33.4 Å². The molecule has 212 valence electrons. The Labute approximate surface area is 272 Å². The number of fused-ring (bicyclic) bond motifs is 8. The van der Waals surface area contributed by atoms with Crippen LogP contribution in [0.2, 0.25) is 0 Å². The molecule has 0 radical (unpaired) electrons. The molecule has 0 unspecified atom stereocenters. The lowest BCUT2D eigenvalue weighted by Crippen LogP contribution is -2.36. The third-order valence-corrected chi connectivity index (χ3v) is 11.5. The summed E-state index contributed by atoms with van der Waals surface area (Å²) >= 11 is 3.80. The van der Waals surface area contributed by atoms with Crippen molar-refractivity contribution in [2.24, 2.45) is 0 Å². The molecule has 0 saturated heterocycles. The monoisotopic (exact) mass is 608 g/mol. The van der Waals surface area contributed by atoms with E-state index >= 15 is 0 Å². The molecule has 0 nitrogen and oxygen atoms in total. The predicted octanol–water partition coefficient (Wildman–Crippen LogP) is 12.0. The minimum Gasteiger partial charge on any atom is -0.0894 e. The quantitative estimate of drug-likeness (QED) is 0.196. The molecule has 2 heteroatoms. The number of hydrogen-bond donors (Lipinski definition) is 0. The van der Waals surface area contributed by atoms with Gasteiger partial charge in [0.2, 0.25) is 0 Å². The van der Waals surface area contributed by atoms with Crippen LogP contribution in [0.15, 0.2) is 189 Å². The van der Waals surface area contributed by atoms with E-state index in [2.05, 4.69) is 170 Å². The van der Waals surface area contributed by atoms with Crippen molar-refractivity contribution in [1.29, 1.82) is 0 Å². The van der Waals surface area contributed by atoms with Crippen molar-refractivity contribution >= 4 is 23.5 Å². The molecule has 0 fully saturated rings. The Bertz CT molecular complexity index is 2170. The first-order chi connectivity index (χ1) is 22.3. The number of benzene rings is 7. The molecule has 7 aromatic rings. The van der Waals surface area contributed by atoms with Crippen LogP contribution in [-0.2, 0) is 5.41 Å². The average molecular weight is 609 g/mol. The van der Waals surface area contributed by atoms with Crippen molar-refractivity contribution in [3.63, 3.8) is 0 Å². The van der Waals surface area contributed by atoms with Gasteiger partial charge in [0.15, 0.2) is 0 Å². The van der Waals surface area contributed by atoms with Crippen LogP contribution in [0.25, 0.3) is 33.4 Å². The van der Waals surface area contributed by atoms with Gasteiger partial charge in [-0.1, -0.05) is 163 Å². The maximum atomic E-state index is 2.43. The van der Waals surface area contributed by atoms with Gasteiger partial charge in [0.1, 0.15) is 0 Å². The van der Waals surface area contributed by atoms with E-state index in [4.69, 9.17) is 0 Å². The van der Waals surface area contributed by atoms with Crippen LogP contribution in [0, 0.1) is 0 Å². The molecule has 0 aliphatic carbocycles. The molecule has 2 heterocycles. The minimum absolute atomic E-state index is 0.409. The first kappa shape index (κ1) is 26.6. The summed E-state index contributed by atoms with van der Waals surface area (Å²) < 4.78 is 0. The van der Waals surface area contributed by atoms with Crippen molar-refractivity contribution in [2.45, 2.75) is 25.0 Å². The summed E-state index contributed by atoms with van der Waals surface area (Å²) in [6, 6.07) is 62.7. The molecule has 2 aliphatic heterocycles. The van der Waals surface area contributed by atoms with Crippen LogP contribution in [0.1, 0.15) is 22.3 Å². The van der Waals surface area contributed by atoms with E-state index < -0.39 is 5.41 Å². The molecule has 45 heavy (non-hydrogen) atoms. The Morgan fingerprint density at radius 2 is 0.644 bits per heavy atom. The highest BCUT2D eigenvalue weighted by molar-refractivity contribution is 8.00. The van der Waals surface area contributed by atoms with E-state index in [9.17, 15) is 0 Å². The first-order valence-corrected chi connectivity index (χ1v) is 17.0. The Morgan fingerprint density at radius 3 is 1.20 bits per heavy atom. The lowest BCUT2D eigenvalue weighted by Gasteiger charge is -2.45. The molecule has 0 amide bonds. The van der Waals surface area contributed by atoms with Crippen LogP contribution in [0.3, 0.4) is 0 Å². The van der Waals surface area contributed by atoms with E-state index in [1.165, 1.54) is 75.2 Å². The largest absolute Gasteiger partial charge is 0.0894 e. The fraction of sp³-hybridized carbons (Fsp3) is 0.0233. The zero-order chi connectivity index (χ0) is 29.8. The molecular weight excluding hydrogens is 581 g/mol. The van der Waals surface area contributed by atoms with Crippen molar-refractivity contribution in [3.05, 3.63) is 192 Å². The van der Waals surface area contributed by atoms with Crippen LogP contribution >= 0.6 is 23.5 Å². The molecule has 0 aromatic heterocycles. The third kappa shape index (κ3) is 4.24. The van der Waals surface area contributed by atoms with Gasteiger partial charge in [-0.25, -0.2) is 0 Å². The second kappa shape index (κ2) is 10.7. The summed E-state index contributed by atoms with van der Waals surface area (Å²) in [4.78, 5) is 5.28. The van der Waals surface area contributed by atoms with Crippen molar-refractivity contribution in [2.75, 3.05) is 0 Å². The van der Waals surface area contributed by atoms with Crippen molar-refractivity contribution in [1.82, 2.24) is 0 Å². The van der Waals surface area contributed by atoms with Crippen LogP contribution < -0.4 is 0 Å². The van der Waals surface area contributed by atoms with Gasteiger partial charge in [0, 0.05) is 19.6 Å². The zero-order valence-corrected chi connectivity index (χ0v) is 26.1. The van der Waals surface area contributed by atoms with Gasteiger partial charge in [-0.15, -0.1) is 0 Å². The fourth-order valence-corrected chi connectivity index (χ4v) is 9.63. The predicted molar refractivity (Wildman–Crippen MR) is 189 cm³/mol. The minimum atomic E-state index is -0.409. The normalized spacial score (nSPS) is 13.8. The average Bonchev–Trinajstić information content (AvgIpc) is 3.12. The zero-order valence-electron chi connectivity index (χ0n) is 24.5. The molecule has 2 aliphatic rings. The standard InChI is InChI=1S/C43H28S2/c1-3-12-29(13-4-1)31-16-11-17-32(26-31)34-23-25-38-42(28-34)45-41-27-33(30-14-5-2-6-15-30)22-24-37(41)43(38)35-18-7-9-20-39(35)44-40-21-10-8-19-36(40)43/h1-28H. The van der Waals surface area contributed by atoms with Gasteiger partial charge in [0.05, 0.1) is 5.41 Å². The van der Waals surface area contributed by atoms with E-state index in [1.54, 1.807) is 0 Å². The molecule has 0 atom stereocenters. The van der Waals surface area contributed by atoms with E-state index in [0.29, 0.717) is 0 Å². The summed E-state index contributed by atoms with van der Waals surface area (Å²) in [6.07, 6.45) is 0. The third-order valence-electron chi connectivity index (χ3n) is 9.20. The molecule has 7 aromatic carbocycles. The second-order valence-corrected chi connectivity index (χ2v) is 13.8. The van der Waals surface area contributed by atoms with Gasteiger partial charge < -0.3 is 0 Å². The summed E-state index contributed by atoms with van der Waals surface area (Å²) in [5.74, 6) is 0. The number of rotatable bonds is 3. The molecule has 1 spiro atoms. The van der Waals surface area contributed by atoms with E-state index in [1.807, 2.05) is 23.5 Å². The lowest BCUT2D eigenvalue weighted by atomic mass is 9.64. The highest BCUT2D eigenvalue weighted by Crippen LogP contribution is 2.62. The topological polar surface area (TPSA) is 0 Å². The highest BCUT2D eigenvalue weighted by atomic mass is 32.2. The smallest absolute Gasteiger partial charge is 0.0745 e. The maximum Gasteiger partial charge on any atom is 0.0745 e. The number of hydrogen-bond acceptors (Lipinski definition) is 2. The van der Waals surface area contributed by atoms with Gasteiger partial charge in [-0.2, -0.15) is 0 Å². The van der Waals surface area contributed by atoms with Crippen LogP contribution in [0.4, 0.5) is 0 Å². The van der Waals surface area contributed by atoms with Gasteiger partial charge in [-0.3, -0.25) is 0 Å². The summed E-state index contributed by atoms with van der Waals surface area (Å²) in [6.45, 7) is 0. The second-order valence-electron chi connectivity index (χ2n) is 11.7. The van der Waals surface area contributed by atoms with Crippen LogP contribution in [0.5, 0.6) is 0 Å². The summed E-state index contributed by atoms with van der Waals surface area (Å²) in [7, 11) is 0. The maximum absolute atomic E-state index is 2.43. The fourth-order valence-electron chi connectivity index (χ4n) is 7.17. The van der Waals surface area contributed by atoms with Crippen LogP contribution in [-0.4, -0.2) is 0 Å². The van der Waals surface area contributed by atoms with E-state index in [-0.39, 0.29) is 0 Å². The summed E-state index contributed by atoms with van der Waals surface area (Å²) in [5, 5.41) is 0. The molecule has 0 saturated carbocycles. The summed E-state index contributed by atoms with van der Waals surface area (Å²) in [5.41, 5.74) is 12.5. The Balaban J connectivity index is 1.30. The highest BCUT2D eigenvalue weighted by Gasteiger charge is 2.48. The molecule has 0 N–H and O–H groups in total. The molecular formula is C43H28S2.